The fraction of sp³-hybridized carbons (Fsp3) is 0.464. The van der Waals surface area contributed by atoms with Crippen molar-refractivity contribution in [2.45, 2.75) is 89.8 Å². The molecule has 7 rings (SSSR count). The van der Waals surface area contributed by atoms with Crippen LogP contribution in [0.4, 0.5) is 10.5 Å². The third-order valence-corrected chi connectivity index (χ3v) is 13.8. The fourth-order valence-electron chi connectivity index (χ4n) is 10.3. The van der Waals surface area contributed by atoms with Crippen molar-refractivity contribution >= 4 is 17.5 Å². The Morgan fingerprint density at radius 2 is 1.58 bits per heavy atom. The van der Waals surface area contributed by atoms with Crippen LogP contribution in [0.15, 0.2) is 120 Å². The average molecular weight is 992 g/mol. The van der Waals surface area contributed by atoms with Gasteiger partial charge in [0.1, 0.15) is 36.5 Å². The molecule has 0 saturated heterocycles. The van der Waals surface area contributed by atoms with Gasteiger partial charge in [0.2, 0.25) is 5.79 Å². The highest BCUT2D eigenvalue weighted by atomic mass is 16.7. The molecule has 0 aromatic heterocycles. The molecule has 4 aromatic rings. The number of aryl methyl sites for hydroxylation is 2. The number of hydrogen-bond acceptors (Lipinski definition) is 14. The van der Waals surface area contributed by atoms with Crippen LogP contribution >= 0.6 is 0 Å². The molecule has 4 aromatic carbocycles. The van der Waals surface area contributed by atoms with E-state index in [1.807, 2.05) is 73.7 Å². The second kappa shape index (κ2) is 26.5. The summed E-state index contributed by atoms with van der Waals surface area (Å²) in [7, 11) is 0. The van der Waals surface area contributed by atoms with Gasteiger partial charge in [0, 0.05) is 49.8 Å². The molecule has 1 heterocycles. The number of carbonyl (C=O) groups is 1. The molecule has 3 aliphatic rings. The number of carbonyl (C=O) groups excluding carboxylic acids is 1. The molecular weight excluding hydrogens is 923 g/mol. The summed E-state index contributed by atoms with van der Waals surface area (Å²) >= 11 is 0. The summed E-state index contributed by atoms with van der Waals surface area (Å²) < 4.78 is 38.8. The van der Waals surface area contributed by atoms with Crippen molar-refractivity contribution < 1.29 is 58.3 Å². The summed E-state index contributed by atoms with van der Waals surface area (Å²) in [5, 5.41) is 46.1. The third-order valence-electron chi connectivity index (χ3n) is 13.8. The number of benzene rings is 4. The van der Waals surface area contributed by atoms with Gasteiger partial charge < -0.3 is 48.6 Å². The van der Waals surface area contributed by atoms with Crippen molar-refractivity contribution in [2.75, 3.05) is 59.4 Å². The first-order valence-electron chi connectivity index (χ1n) is 25.0. The number of oxime groups is 1. The lowest BCUT2D eigenvalue weighted by Gasteiger charge is -2.59. The van der Waals surface area contributed by atoms with Crippen LogP contribution in [0.2, 0.25) is 0 Å². The van der Waals surface area contributed by atoms with E-state index < -0.39 is 28.8 Å². The molecule has 72 heavy (non-hydrogen) atoms. The number of aliphatic hydroxyl groups excluding tert-OH is 3. The molecule has 1 saturated carbocycles. The van der Waals surface area contributed by atoms with Crippen LogP contribution in [0.3, 0.4) is 0 Å². The Balaban J connectivity index is 1.37. The lowest BCUT2D eigenvalue weighted by molar-refractivity contribution is -0.384. The molecule has 0 spiro atoms. The Bertz CT molecular complexity index is 2470. The number of nitrogens with zero attached hydrogens (tertiary/aromatic N) is 3. The van der Waals surface area contributed by atoms with E-state index in [-0.39, 0.29) is 95.9 Å². The highest BCUT2D eigenvalue weighted by Crippen LogP contribution is 2.62. The number of aliphatic hydroxyl groups is 3. The zero-order chi connectivity index (χ0) is 50.9. The molecule has 1 fully saturated rings. The third kappa shape index (κ3) is 13.3. The smallest absolute Gasteiger partial charge is 0.410 e. The molecule has 0 unspecified atom stereocenters. The fourth-order valence-corrected chi connectivity index (χ4v) is 10.3. The number of allylic oxidation sites excluding steroid dienone is 1. The molecule has 2 aliphatic carbocycles. The Kier molecular flexibility index (Phi) is 19.8. The van der Waals surface area contributed by atoms with Crippen molar-refractivity contribution in [3.63, 3.8) is 0 Å². The number of unbranched alkanes of at least 4 members (excludes halogenated alkanes) is 2. The summed E-state index contributed by atoms with van der Waals surface area (Å²) in [6, 6.07) is 26.6. The predicted octanol–water partition coefficient (Wildman–Crippen LogP) is 9.50. The number of rotatable bonds is 28. The lowest BCUT2D eigenvalue weighted by Crippen LogP contribution is -2.70. The average Bonchev–Trinajstić information content (AvgIpc) is 3.38. The van der Waals surface area contributed by atoms with Crippen molar-refractivity contribution in [3.05, 3.63) is 153 Å². The summed E-state index contributed by atoms with van der Waals surface area (Å²) in [5.74, 6) is -0.786. The van der Waals surface area contributed by atoms with Crippen LogP contribution in [0.1, 0.15) is 78.7 Å². The molecule has 6 atom stereocenters. The number of non-ortho nitro benzene ring substituents is 1. The Labute approximate surface area is 421 Å². The molecule has 1 amide bonds. The maximum atomic E-state index is 14.8. The van der Waals surface area contributed by atoms with E-state index in [1.54, 1.807) is 23.1 Å². The van der Waals surface area contributed by atoms with Gasteiger partial charge in [0.05, 0.1) is 56.2 Å². The predicted molar refractivity (Wildman–Crippen MR) is 271 cm³/mol. The lowest BCUT2D eigenvalue weighted by atomic mass is 9.55. The topological polar surface area (TPSA) is 201 Å². The zero-order valence-corrected chi connectivity index (χ0v) is 41.4. The van der Waals surface area contributed by atoms with Crippen LogP contribution in [0, 0.1) is 41.7 Å². The molecule has 16 heteroatoms. The molecule has 0 radical (unpaired) electrons. The molecule has 0 bridgehead atoms. The molecular formula is C56H69N3O13. The van der Waals surface area contributed by atoms with E-state index in [2.05, 4.69) is 19.6 Å². The van der Waals surface area contributed by atoms with Crippen LogP contribution in [0.25, 0.3) is 0 Å². The first kappa shape index (κ1) is 53.7. The number of amides is 1. The second-order valence-electron chi connectivity index (χ2n) is 18.5. The van der Waals surface area contributed by atoms with Crippen molar-refractivity contribution in [3.8, 4) is 17.2 Å². The van der Waals surface area contributed by atoms with Gasteiger partial charge in [0.25, 0.3) is 5.69 Å². The van der Waals surface area contributed by atoms with E-state index in [0.717, 1.165) is 53.5 Å². The van der Waals surface area contributed by atoms with Crippen LogP contribution in [-0.4, -0.2) is 108 Å². The molecule has 1 aliphatic heterocycles. The quantitative estimate of drug-likeness (QED) is 0.0210. The minimum Gasteiger partial charge on any atom is -0.459 e. The van der Waals surface area contributed by atoms with Crippen molar-refractivity contribution in [1.82, 2.24) is 4.90 Å². The highest BCUT2D eigenvalue weighted by molar-refractivity contribution is 6.03. The van der Waals surface area contributed by atoms with E-state index >= 15 is 0 Å². The van der Waals surface area contributed by atoms with Crippen LogP contribution < -0.4 is 9.47 Å². The number of ether oxygens (including phenoxy) is 6. The second-order valence-corrected chi connectivity index (χ2v) is 18.5. The van der Waals surface area contributed by atoms with Gasteiger partial charge >= 0.3 is 6.09 Å². The van der Waals surface area contributed by atoms with E-state index in [1.165, 1.54) is 12.1 Å². The SMILES string of the molecule is C=CCO[C@@]12Oc3ccc(Oc4ccc(C)c(C)c4)cc3[C@H]3[C@H](CCCCO)[C@@H](CCCCO)C=C(C(=NOCc4ccc([N+](=O)[O-])cc4)C[C@@H]1N(CCOCCO)C(=O)OCCOCc1ccccc1)[C@H]32. The van der Waals surface area contributed by atoms with E-state index in [4.69, 9.17) is 38.4 Å². The molecule has 16 nitrogen and oxygen atoms in total. The Morgan fingerprint density at radius 1 is 0.847 bits per heavy atom. The maximum Gasteiger partial charge on any atom is 0.410 e. The standard InChI is InChI=1S/C56H69N3O13/c1-4-28-69-56-52(58(24-29-66-30-27-62)55(63)68-32-31-67-37-41-12-6-5-7-13-41)36-50(57-70-38-42-17-19-44(20-18-42)59(64)65)48-34-43(14-8-10-25-60)47(15-9-11-26-61)53(54(48)56)49-35-46(22-23-51(49)72-56)71-45-21-16-39(2)40(3)33-45/h4-7,12-13,16-23,33-35,43,47,52-54,60-62H,1,8-11,14-15,24-32,36-38H2,2-3H3/t43-,47+,52-,53+,54+,56+/m0/s1. The van der Waals surface area contributed by atoms with Crippen molar-refractivity contribution in [1.29, 1.82) is 0 Å². The maximum absolute atomic E-state index is 14.8. The minimum atomic E-state index is -1.59. The summed E-state index contributed by atoms with van der Waals surface area (Å²) in [6.45, 7) is 8.56. The number of nitro benzene ring substituents is 1. The normalized spacial score (nSPS) is 21.4. The number of fused-ring (bicyclic) bond motifs is 2. The van der Waals surface area contributed by atoms with E-state index in [9.17, 15) is 30.2 Å². The number of nitro groups is 1. The zero-order valence-electron chi connectivity index (χ0n) is 41.4. The van der Waals surface area contributed by atoms with Gasteiger partial charge in [-0.05, 0) is 122 Å². The van der Waals surface area contributed by atoms with Gasteiger partial charge in [-0.15, -0.1) is 6.58 Å². The summed E-state index contributed by atoms with van der Waals surface area (Å²) in [4.78, 5) is 33.6. The van der Waals surface area contributed by atoms with Crippen LogP contribution in [0.5, 0.6) is 17.2 Å². The van der Waals surface area contributed by atoms with Gasteiger partial charge in [-0.3, -0.25) is 15.0 Å². The van der Waals surface area contributed by atoms with Gasteiger partial charge in [-0.25, -0.2) is 4.79 Å². The monoisotopic (exact) mass is 991 g/mol. The van der Waals surface area contributed by atoms with Gasteiger partial charge in [-0.2, -0.15) is 0 Å². The summed E-state index contributed by atoms with van der Waals surface area (Å²) in [5.41, 5.74) is 6.08. The number of hydrogen-bond donors (Lipinski definition) is 3. The highest BCUT2D eigenvalue weighted by Gasteiger charge is 2.65. The van der Waals surface area contributed by atoms with Crippen molar-refractivity contribution in [2.24, 2.45) is 22.9 Å². The first-order chi connectivity index (χ1) is 35.1. The largest absolute Gasteiger partial charge is 0.459 e. The van der Waals surface area contributed by atoms with Gasteiger partial charge in [0.15, 0.2) is 0 Å². The molecule has 386 valence electrons. The Hall–Kier alpha value is -6.14. The minimum absolute atomic E-state index is 0.00237. The molecule has 3 N–H and O–H groups in total. The Morgan fingerprint density at radius 3 is 2.31 bits per heavy atom. The van der Waals surface area contributed by atoms with E-state index in [0.29, 0.717) is 48.0 Å². The first-order valence-corrected chi connectivity index (χ1v) is 25.0. The van der Waals surface area contributed by atoms with Crippen LogP contribution in [-0.2, 0) is 37.0 Å². The summed E-state index contributed by atoms with van der Waals surface area (Å²) in [6.07, 6.45) is 7.48. The van der Waals surface area contributed by atoms with Gasteiger partial charge in [-0.1, -0.05) is 66.5 Å².